The van der Waals surface area contributed by atoms with E-state index in [-0.39, 0.29) is 18.1 Å². The number of hydrogen-bond acceptors (Lipinski definition) is 5. The van der Waals surface area contributed by atoms with Crippen molar-refractivity contribution in [2.75, 3.05) is 5.32 Å². The molecule has 1 aliphatic rings. The number of aliphatic hydroxyl groups excluding tert-OH is 1. The average Bonchev–Trinajstić information content (AvgIpc) is 3.11. The number of aromatic nitrogens is 3. The summed E-state index contributed by atoms with van der Waals surface area (Å²) in [6.07, 6.45) is 3.23. The van der Waals surface area contributed by atoms with Gasteiger partial charge < -0.3 is 20.7 Å². The zero-order valence-electron chi connectivity index (χ0n) is 15.0. The molecule has 4 rings (SSSR count). The zero-order chi connectivity index (χ0) is 18.6. The Morgan fingerprint density at radius 2 is 1.89 bits per heavy atom. The van der Waals surface area contributed by atoms with Crippen molar-refractivity contribution in [1.82, 2.24) is 20.3 Å². The van der Waals surface area contributed by atoms with E-state index in [0.29, 0.717) is 23.9 Å². The standard InChI is InChI=1S/C20H23N5O2/c26-14-10-8-13(9-11-14)22-18-7-3-6-17(25-18)20(27)21-12-19-23-15-4-1-2-5-16(15)24-19/h1-7,13-14,26H,8-12H2,(H,21,27)(H,22,25)(H,23,24). The number of imidazole rings is 1. The molecule has 4 N–H and O–H groups in total. The largest absolute Gasteiger partial charge is 0.393 e. The van der Waals surface area contributed by atoms with Crippen LogP contribution in [0.25, 0.3) is 11.0 Å². The van der Waals surface area contributed by atoms with Gasteiger partial charge in [0.15, 0.2) is 0 Å². The number of fused-ring (bicyclic) bond motifs is 1. The van der Waals surface area contributed by atoms with Crippen molar-refractivity contribution in [2.24, 2.45) is 0 Å². The molecule has 0 aliphatic heterocycles. The predicted octanol–water partition coefficient (Wildman–Crippen LogP) is 2.60. The molecule has 7 heteroatoms. The van der Waals surface area contributed by atoms with Gasteiger partial charge in [0.25, 0.3) is 5.91 Å². The lowest BCUT2D eigenvalue weighted by molar-refractivity contribution is 0.0945. The number of carbonyl (C=O) groups is 1. The maximum Gasteiger partial charge on any atom is 0.270 e. The number of anilines is 1. The minimum atomic E-state index is -0.238. The number of pyridine rings is 1. The van der Waals surface area contributed by atoms with Crippen molar-refractivity contribution >= 4 is 22.8 Å². The van der Waals surface area contributed by atoms with Crippen molar-refractivity contribution < 1.29 is 9.90 Å². The van der Waals surface area contributed by atoms with Crippen LogP contribution in [0.4, 0.5) is 5.82 Å². The van der Waals surface area contributed by atoms with E-state index in [1.807, 2.05) is 36.4 Å². The Morgan fingerprint density at radius 1 is 1.07 bits per heavy atom. The Balaban J connectivity index is 1.37. The summed E-state index contributed by atoms with van der Waals surface area (Å²) in [6, 6.07) is 13.4. The fourth-order valence-electron chi connectivity index (χ4n) is 3.41. The van der Waals surface area contributed by atoms with Crippen LogP contribution in [0.3, 0.4) is 0 Å². The smallest absolute Gasteiger partial charge is 0.270 e. The Hall–Kier alpha value is -2.93. The van der Waals surface area contributed by atoms with Crippen molar-refractivity contribution in [3.05, 3.63) is 54.0 Å². The minimum Gasteiger partial charge on any atom is -0.393 e. The van der Waals surface area contributed by atoms with Gasteiger partial charge in [0, 0.05) is 6.04 Å². The van der Waals surface area contributed by atoms with E-state index >= 15 is 0 Å². The van der Waals surface area contributed by atoms with Crippen LogP contribution in [0.15, 0.2) is 42.5 Å². The monoisotopic (exact) mass is 365 g/mol. The molecule has 1 amide bonds. The fourth-order valence-corrected chi connectivity index (χ4v) is 3.41. The van der Waals surface area contributed by atoms with Gasteiger partial charge in [-0.25, -0.2) is 9.97 Å². The summed E-state index contributed by atoms with van der Waals surface area (Å²) in [7, 11) is 0. The topological polar surface area (TPSA) is 103 Å². The third kappa shape index (κ3) is 4.25. The second-order valence-corrected chi connectivity index (χ2v) is 6.94. The second-order valence-electron chi connectivity index (χ2n) is 6.94. The van der Waals surface area contributed by atoms with E-state index in [2.05, 4.69) is 25.6 Å². The van der Waals surface area contributed by atoms with Gasteiger partial charge in [-0.3, -0.25) is 4.79 Å². The number of benzene rings is 1. The first-order valence-electron chi connectivity index (χ1n) is 9.31. The van der Waals surface area contributed by atoms with Crippen molar-refractivity contribution in [3.63, 3.8) is 0 Å². The highest BCUT2D eigenvalue weighted by atomic mass is 16.3. The Labute approximate surface area is 157 Å². The number of H-pyrrole nitrogens is 1. The van der Waals surface area contributed by atoms with Crippen LogP contribution >= 0.6 is 0 Å². The summed E-state index contributed by atoms with van der Waals surface area (Å²) in [4.78, 5) is 24.5. The van der Waals surface area contributed by atoms with E-state index in [4.69, 9.17) is 0 Å². The molecule has 0 bridgehead atoms. The summed E-state index contributed by atoms with van der Waals surface area (Å²) in [5, 5.41) is 15.8. The number of para-hydroxylation sites is 2. The summed E-state index contributed by atoms with van der Waals surface area (Å²) in [6.45, 7) is 0.313. The average molecular weight is 365 g/mol. The van der Waals surface area contributed by atoms with Gasteiger partial charge >= 0.3 is 0 Å². The Kier molecular flexibility index (Phi) is 5.02. The summed E-state index contributed by atoms with van der Waals surface area (Å²) < 4.78 is 0. The third-order valence-corrected chi connectivity index (χ3v) is 4.89. The number of nitrogens with zero attached hydrogens (tertiary/aromatic N) is 2. The van der Waals surface area contributed by atoms with Crippen molar-refractivity contribution in [1.29, 1.82) is 0 Å². The van der Waals surface area contributed by atoms with E-state index in [1.165, 1.54) is 0 Å². The third-order valence-electron chi connectivity index (χ3n) is 4.89. The minimum absolute atomic E-state index is 0.189. The first-order valence-corrected chi connectivity index (χ1v) is 9.31. The molecule has 2 aromatic heterocycles. The number of amides is 1. The molecule has 0 atom stereocenters. The van der Waals surface area contributed by atoms with Gasteiger partial charge in [0.1, 0.15) is 17.3 Å². The highest BCUT2D eigenvalue weighted by Crippen LogP contribution is 2.21. The zero-order valence-corrected chi connectivity index (χ0v) is 15.0. The van der Waals surface area contributed by atoms with Gasteiger partial charge in [-0.05, 0) is 49.9 Å². The maximum atomic E-state index is 12.4. The Bertz CT molecular complexity index is 898. The molecule has 1 fully saturated rings. The van der Waals surface area contributed by atoms with Crippen LogP contribution in [0, 0.1) is 0 Å². The molecule has 3 aromatic rings. The summed E-state index contributed by atoms with van der Waals surface area (Å²) >= 11 is 0. The number of rotatable bonds is 5. The highest BCUT2D eigenvalue weighted by Gasteiger charge is 2.19. The van der Waals surface area contributed by atoms with Crippen LogP contribution in [0.5, 0.6) is 0 Å². The second kappa shape index (κ2) is 7.75. The van der Waals surface area contributed by atoms with Crippen LogP contribution < -0.4 is 10.6 Å². The molecule has 140 valence electrons. The van der Waals surface area contributed by atoms with Gasteiger partial charge in [0.05, 0.1) is 23.7 Å². The van der Waals surface area contributed by atoms with Crippen molar-refractivity contribution in [3.8, 4) is 0 Å². The van der Waals surface area contributed by atoms with Gasteiger partial charge in [-0.1, -0.05) is 18.2 Å². The molecular formula is C20H23N5O2. The summed E-state index contributed by atoms with van der Waals surface area (Å²) in [5.41, 5.74) is 2.19. The van der Waals surface area contributed by atoms with E-state index < -0.39 is 0 Å². The number of carbonyl (C=O) groups excluding carboxylic acids is 1. The quantitative estimate of drug-likeness (QED) is 0.557. The number of aliphatic hydroxyl groups is 1. The fraction of sp³-hybridized carbons (Fsp3) is 0.350. The first-order chi connectivity index (χ1) is 13.2. The molecule has 0 saturated heterocycles. The molecule has 2 heterocycles. The van der Waals surface area contributed by atoms with E-state index in [0.717, 1.165) is 36.7 Å². The summed E-state index contributed by atoms with van der Waals surface area (Å²) in [5.74, 6) is 1.16. The highest BCUT2D eigenvalue weighted by molar-refractivity contribution is 5.92. The lowest BCUT2D eigenvalue weighted by atomic mass is 9.93. The predicted molar refractivity (Wildman–Crippen MR) is 103 cm³/mol. The first kappa shape index (κ1) is 17.5. The molecular weight excluding hydrogens is 342 g/mol. The van der Waals surface area contributed by atoms with Crippen LogP contribution in [-0.2, 0) is 6.54 Å². The molecule has 1 saturated carbocycles. The lowest BCUT2D eigenvalue weighted by Gasteiger charge is -2.26. The van der Waals surface area contributed by atoms with Crippen LogP contribution in [-0.4, -0.2) is 38.1 Å². The lowest BCUT2D eigenvalue weighted by Crippen LogP contribution is -2.29. The molecule has 0 unspecified atom stereocenters. The van der Waals surface area contributed by atoms with E-state index in [9.17, 15) is 9.90 Å². The normalized spacial score (nSPS) is 19.7. The molecule has 0 radical (unpaired) electrons. The Morgan fingerprint density at radius 3 is 2.70 bits per heavy atom. The number of hydrogen-bond donors (Lipinski definition) is 4. The maximum absolute atomic E-state index is 12.4. The van der Waals surface area contributed by atoms with Crippen LogP contribution in [0.1, 0.15) is 42.0 Å². The van der Waals surface area contributed by atoms with Gasteiger partial charge in [-0.2, -0.15) is 0 Å². The molecule has 27 heavy (non-hydrogen) atoms. The van der Waals surface area contributed by atoms with Gasteiger partial charge in [0.2, 0.25) is 0 Å². The van der Waals surface area contributed by atoms with Crippen molar-refractivity contribution in [2.45, 2.75) is 44.4 Å². The molecule has 0 spiro atoms. The molecule has 1 aliphatic carbocycles. The number of nitrogens with one attached hydrogen (secondary N) is 3. The number of aromatic amines is 1. The van der Waals surface area contributed by atoms with Gasteiger partial charge in [-0.15, -0.1) is 0 Å². The molecule has 7 nitrogen and oxygen atoms in total. The van der Waals surface area contributed by atoms with E-state index in [1.54, 1.807) is 6.07 Å². The molecule has 1 aromatic carbocycles. The van der Waals surface area contributed by atoms with Crippen LogP contribution in [0.2, 0.25) is 0 Å². The SMILES string of the molecule is O=C(NCc1nc2ccccc2[nH]1)c1cccc(NC2CCC(O)CC2)n1.